The van der Waals surface area contributed by atoms with Gasteiger partial charge in [-0.25, -0.2) is 0 Å². The van der Waals surface area contributed by atoms with Gasteiger partial charge in [0.05, 0.1) is 0 Å². The number of carbonyl (C=O) groups excluding carboxylic acids is 1. The molecule has 0 aliphatic heterocycles. The zero-order valence-corrected chi connectivity index (χ0v) is 8.64. The second kappa shape index (κ2) is 5.49. The van der Waals surface area contributed by atoms with Crippen molar-refractivity contribution in [1.82, 2.24) is 0 Å². The molecule has 3 heteroatoms. The Hall–Kier alpha value is -0.153. The fourth-order valence-electron chi connectivity index (χ4n) is 0.899. The van der Waals surface area contributed by atoms with E-state index in [0.29, 0.717) is 0 Å². The normalized spacial score (nSPS) is 11.5. The molecule has 0 aromatic rings. The Kier molecular flexibility index (Phi) is 5.41. The Balaban J connectivity index is 3.51. The lowest BCUT2D eigenvalue weighted by atomic mass is 10.4. The lowest BCUT2D eigenvalue weighted by molar-refractivity contribution is 0.353. The van der Waals surface area contributed by atoms with Gasteiger partial charge in [-0.2, -0.15) is 0 Å². The van der Waals surface area contributed by atoms with E-state index in [1.54, 1.807) is 6.29 Å². The summed E-state index contributed by atoms with van der Waals surface area (Å²) in [6.07, 6.45) is 4.17. The molecule has 0 saturated carbocycles. The maximum Gasteiger partial charge on any atom is 0.225 e. The molecule has 11 heavy (non-hydrogen) atoms. The summed E-state index contributed by atoms with van der Waals surface area (Å²) in [6.45, 7) is 6.60. The van der Waals surface area contributed by atoms with E-state index in [1.165, 1.54) is 12.8 Å². The van der Waals surface area contributed by atoms with Gasteiger partial charge in [-0.05, 0) is 19.1 Å². The molecule has 0 aromatic heterocycles. The molecule has 0 rings (SSSR count). The van der Waals surface area contributed by atoms with E-state index in [0.717, 1.165) is 6.04 Å². The van der Waals surface area contributed by atoms with E-state index in [1.807, 2.05) is 0 Å². The van der Waals surface area contributed by atoms with Crippen LogP contribution in [0.1, 0.15) is 19.8 Å². The molecule has 0 amide bonds. The number of unbranched alkanes of at least 4 members (excludes halogenated alkanes) is 1. The average molecular weight is 173 g/mol. The molecular formula is C8H17O2Si. The number of hydrogen-bond donors (Lipinski definition) is 0. The number of hydrogen-bond acceptors (Lipinski definition) is 2. The standard InChI is InChI=1S/C8H17O2Si/c1-4-5-8-11(2,3)10-7-6-9/h4-5,7-8H2,1-3H3. The fraction of sp³-hybridized carbons (Fsp3) is 0.875. The van der Waals surface area contributed by atoms with Crippen LogP contribution in [0.25, 0.3) is 0 Å². The van der Waals surface area contributed by atoms with Gasteiger partial charge in [-0.15, -0.1) is 0 Å². The monoisotopic (exact) mass is 173 g/mol. The highest BCUT2D eigenvalue weighted by Crippen LogP contribution is 2.14. The molecule has 0 saturated heterocycles. The summed E-state index contributed by atoms with van der Waals surface area (Å²) in [5.41, 5.74) is 0. The Morgan fingerprint density at radius 3 is 2.55 bits per heavy atom. The van der Waals surface area contributed by atoms with E-state index in [-0.39, 0.29) is 6.61 Å². The minimum absolute atomic E-state index is 0.156. The third kappa shape index (κ3) is 6.25. The van der Waals surface area contributed by atoms with Crippen LogP contribution in [-0.4, -0.2) is 21.2 Å². The molecule has 2 nitrogen and oxygen atoms in total. The molecule has 0 bridgehead atoms. The topological polar surface area (TPSA) is 26.3 Å². The summed E-state index contributed by atoms with van der Waals surface area (Å²) in [7, 11) is -1.51. The first kappa shape index (κ1) is 10.8. The van der Waals surface area contributed by atoms with Crippen LogP contribution >= 0.6 is 0 Å². The Morgan fingerprint density at radius 1 is 1.45 bits per heavy atom. The highest BCUT2D eigenvalue weighted by atomic mass is 28.4. The first-order chi connectivity index (χ1) is 5.12. The summed E-state index contributed by atoms with van der Waals surface area (Å²) in [4.78, 5) is 9.90. The Morgan fingerprint density at radius 2 is 2.09 bits per heavy atom. The molecule has 0 aliphatic carbocycles. The number of rotatable bonds is 6. The Bertz CT molecular complexity index is 113. The van der Waals surface area contributed by atoms with Crippen molar-refractivity contribution < 1.29 is 9.22 Å². The summed E-state index contributed by atoms with van der Waals surface area (Å²) in [5, 5.41) is 0. The smallest absolute Gasteiger partial charge is 0.225 e. The molecule has 0 aliphatic rings. The van der Waals surface area contributed by atoms with Crippen molar-refractivity contribution in [1.29, 1.82) is 0 Å². The van der Waals surface area contributed by atoms with Gasteiger partial charge < -0.3 is 4.43 Å². The maximum atomic E-state index is 9.90. The fourth-order valence-corrected chi connectivity index (χ4v) is 2.70. The largest absolute Gasteiger partial charge is 0.410 e. The molecular weight excluding hydrogens is 156 g/mol. The van der Waals surface area contributed by atoms with Crippen molar-refractivity contribution in [3.05, 3.63) is 0 Å². The van der Waals surface area contributed by atoms with Gasteiger partial charge in [-0.1, -0.05) is 19.8 Å². The predicted octanol–water partition coefficient (Wildman–Crippen LogP) is 2.12. The summed E-state index contributed by atoms with van der Waals surface area (Å²) >= 11 is 0. The predicted molar refractivity (Wildman–Crippen MR) is 48.8 cm³/mol. The van der Waals surface area contributed by atoms with Gasteiger partial charge >= 0.3 is 0 Å². The zero-order valence-electron chi connectivity index (χ0n) is 7.64. The first-order valence-corrected chi connectivity index (χ1v) is 7.23. The lowest BCUT2D eigenvalue weighted by Crippen LogP contribution is -2.30. The molecule has 0 unspecified atom stereocenters. The van der Waals surface area contributed by atoms with Crippen molar-refractivity contribution in [3.63, 3.8) is 0 Å². The molecule has 0 fully saturated rings. The van der Waals surface area contributed by atoms with Gasteiger partial charge in [0.2, 0.25) is 6.29 Å². The summed E-state index contributed by atoms with van der Waals surface area (Å²) in [6, 6.07) is 1.14. The summed E-state index contributed by atoms with van der Waals surface area (Å²) < 4.78 is 5.40. The molecule has 0 atom stereocenters. The van der Waals surface area contributed by atoms with E-state index in [9.17, 15) is 4.79 Å². The second-order valence-electron chi connectivity index (χ2n) is 3.30. The highest BCUT2D eigenvalue weighted by molar-refractivity contribution is 6.71. The molecule has 0 heterocycles. The van der Waals surface area contributed by atoms with Crippen LogP contribution in [0.2, 0.25) is 19.1 Å². The van der Waals surface area contributed by atoms with E-state index >= 15 is 0 Å². The third-order valence-electron chi connectivity index (χ3n) is 1.65. The third-order valence-corrected chi connectivity index (χ3v) is 4.14. The van der Waals surface area contributed by atoms with Gasteiger partial charge in [0.15, 0.2) is 8.32 Å². The lowest BCUT2D eigenvalue weighted by Gasteiger charge is -2.20. The van der Waals surface area contributed by atoms with E-state index < -0.39 is 8.32 Å². The molecule has 65 valence electrons. The van der Waals surface area contributed by atoms with E-state index in [2.05, 4.69) is 20.0 Å². The minimum Gasteiger partial charge on any atom is -0.410 e. The van der Waals surface area contributed by atoms with E-state index in [4.69, 9.17) is 4.43 Å². The SMILES string of the molecule is CCCC[Si](C)(C)OC[C]=O. The van der Waals surface area contributed by atoms with Gasteiger partial charge in [0.1, 0.15) is 6.61 Å². The van der Waals surface area contributed by atoms with Crippen molar-refractivity contribution in [3.8, 4) is 0 Å². The second-order valence-corrected chi connectivity index (χ2v) is 7.60. The van der Waals surface area contributed by atoms with Gasteiger partial charge in [0.25, 0.3) is 0 Å². The highest BCUT2D eigenvalue weighted by Gasteiger charge is 2.20. The van der Waals surface area contributed by atoms with Crippen LogP contribution in [0.3, 0.4) is 0 Å². The molecule has 1 radical (unpaired) electrons. The molecule has 0 aromatic carbocycles. The van der Waals surface area contributed by atoms with Crippen LogP contribution in [-0.2, 0) is 9.22 Å². The zero-order chi connectivity index (χ0) is 8.74. The minimum atomic E-state index is -1.51. The molecule has 0 N–H and O–H groups in total. The summed E-state index contributed by atoms with van der Waals surface area (Å²) in [5.74, 6) is 0. The van der Waals surface area contributed by atoms with Crippen LogP contribution in [0.5, 0.6) is 0 Å². The van der Waals surface area contributed by atoms with Crippen molar-refractivity contribution in [2.75, 3.05) is 6.61 Å². The quantitative estimate of drug-likeness (QED) is 0.575. The van der Waals surface area contributed by atoms with Gasteiger partial charge in [-0.3, -0.25) is 4.79 Å². The Labute approximate surface area is 70.1 Å². The van der Waals surface area contributed by atoms with Crippen LogP contribution < -0.4 is 0 Å². The van der Waals surface area contributed by atoms with Gasteiger partial charge in [0, 0.05) is 0 Å². The van der Waals surface area contributed by atoms with Crippen LogP contribution in [0.15, 0.2) is 0 Å². The first-order valence-electron chi connectivity index (χ1n) is 4.11. The molecule has 0 spiro atoms. The van der Waals surface area contributed by atoms with Crippen molar-refractivity contribution in [2.45, 2.75) is 38.9 Å². The maximum absolute atomic E-state index is 9.90. The van der Waals surface area contributed by atoms with Crippen molar-refractivity contribution >= 4 is 14.6 Å². The van der Waals surface area contributed by atoms with Crippen LogP contribution in [0.4, 0.5) is 0 Å². The van der Waals surface area contributed by atoms with Crippen LogP contribution in [0, 0.1) is 0 Å². The average Bonchev–Trinajstić information content (AvgIpc) is 1.97. The van der Waals surface area contributed by atoms with Crippen molar-refractivity contribution in [2.24, 2.45) is 0 Å².